The van der Waals surface area contributed by atoms with Crippen molar-refractivity contribution in [2.24, 2.45) is 0 Å². The number of urea groups is 1. The fourth-order valence-corrected chi connectivity index (χ4v) is 2.50. The molecule has 130 valence electrons. The van der Waals surface area contributed by atoms with E-state index in [2.05, 4.69) is 5.32 Å². The Morgan fingerprint density at radius 1 is 1.38 bits per heavy atom. The molecule has 0 radical (unpaired) electrons. The summed E-state index contributed by atoms with van der Waals surface area (Å²) < 4.78 is 10.9. The number of carbonyl (C=O) groups excluding carboxylic acids is 1. The van der Waals surface area contributed by atoms with E-state index < -0.39 is 17.0 Å². The molecule has 2 amide bonds. The third-order valence-corrected chi connectivity index (χ3v) is 3.90. The Balaban J connectivity index is 2.46. The molecule has 1 aliphatic heterocycles. The number of allylic oxidation sites excluding steroid dienone is 1. The van der Waals surface area contributed by atoms with E-state index >= 15 is 0 Å². The lowest BCUT2D eigenvalue weighted by Gasteiger charge is -2.29. The van der Waals surface area contributed by atoms with Gasteiger partial charge in [-0.3, -0.25) is 15.0 Å². The Hall–Kier alpha value is -2.77. The summed E-state index contributed by atoms with van der Waals surface area (Å²) in [6.45, 7) is 4.09. The number of carbonyl (C=O) groups is 1. The van der Waals surface area contributed by atoms with Crippen LogP contribution in [0.15, 0.2) is 29.6 Å². The Morgan fingerprint density at radius 3 is 2.67 bits per heavy atom. The van der Waals surface area contributed by atoms with Gasteiger partial charge in [0.1, 0.15) is 6.04 Å². The van der Waals surface area contributed by atoms with Crippen LogP contribution >= 0.6 is 0 Å². The van der Waals surface area contributed by atoms with E-state index in [0.29, 0.717) is 29.4 Å². The van der Waals surface area contributed by atoms with Crippen LogP contribution in [0.25, 0.3) is 0 Å². The summed E-state index contributed by atoms with van der Waals surface area (Å²) in [5.41, 5.74) is 0.795. The molecule has 0 aromatic heterocycles. The number of hydrogen-bond donors (Lipinski definition) is 1. The van der Waals surface area contributed by atoms with Crippen LogP contribution in [0.5, 0.6) is 11.5 Å². The molecule has 24 heavy (non-hydrogen) atoms. The van der Waals surface area contributed by atoms with Crippen LogP contribution in [-0.4, -0.2) is 36.6 Å². The molecule has 8 nitrogen and oxygen atoms in total. The van der Waals surface area contributed by atoms with Gasteiger partial charge in [-0.15, -0.1) is 0 Å². The summed E-state index contributed by atoms with van der Waals surface area (Å²) in [5, 5.41) is 14.1. The number of benzene rings is 1. The molecule has 0 aliphatic carbocycles. The largest absolute Gasteiger partial charge is 0.493 e. The molecular weight excluding hydrogens is 314 g/mol. The van der Waals surface area contributed by atoms with Crippen LogP contribution in [0, 0.1) is 10.1 Å². The predicted octanol–water partition coefficient (Wildman–Crippen LogP) is 2.69. The zero-order chi connectivity index (χ0) is 17.9. The van der Waals surface area contributed by atoms with Crippen LogP contribution in [0.4, 0.5) is 4.79 Å². The van der Waals surface area contributed by atoms with Crippen molar-refractivity contribution in [3.05, 3.63) is 45.3 Å². The second-order valence-electron chi connectivity index (χ2n) is 5.43. The minimum atomic E-state index is -0.849. The normalized spacial score (nSPS) is 17.6. The highest BCUT2D eigenvalue weighted by Crippen LogP contribution is 2.35. The number of amides is 2. The summed E-state index contributed by atoms with van der Waals surface area (Å²) in [6, 6.07) is 3.80. The Kier molecular flexibility index (Phi) is 5.28. The molecule has 0 spiro atoms. The fourth-order valence-electron chi connectivity index (χ4n) is 2.50. The van der Waals surface area contributed by atoms with E-state index in [1.54, 1.807) is 25.1 Å². The Bertz CT molecular complexity index is 686. The van der Waals surface area contributed by atoms with Gasteiger partial charge < -0.3 is 14.8 Å². The lowest BCUT2D eigenvalue weighted by atomic mass is 10.00. The quantitative estimate of drug-likeness (QED) is 0.637. The Labute approximate surface area is 140 Å². The van der Waals surface area contributed by atoms with Gasteiger partial charge in [-0.1, -0.05) is 13.0 Å². The van der Waals surface area contributed by atoms with Crippen molar-refractivity contribution in [2.45, 2.75) is 26.3 Å². The minimum absolute atomic E-state index is 0.0682. The number of methoxy groups -OCH3 is 1. The highest BCUT2D eigenvalue weighted by Gasteiger charge is 2.38. The monoisotopic (exact) mass is 335 g/mol. The molecular formula is C16H21N3O5. The SMILES string of the molecule is CCCOc1ccc([C@@H]2NC(=O)N(C)C(C)=C2[N+](=O)[O-])cc1OC. The zero-order valence-corrected chi connectivity index (χ0v) is 14.2. The van der Waals surface area contributed by atoms with Crippen molar-refractivity contribution in [1.29, 1.82) is 0 Å². The summed E-state index contributed by atoms with van der Waals surface area (Å²) in [6.07, 6.45) is 0.851. The van der Waals surface area contributed by atoms with Gasteiger partial charge >= 0.3 is 6.03 Å². The molecule has 0 fully saturated rings. The average Bonchev–Trinajstić information content (AvgIpc) is 2.56. The summed E-state index contributed by atoms with van der Waals surface area (Å²) in [7, 11) is 2.99. The lowest BCUT2D eigenvalue weighted by Crippen LogP contribution is -2.45. The molecule has 1 aromatic carbocycles. The number of hydrogen-bond acceptors (Lipinski definition) is 5. The molecule has 1 heterocycles. The van der Waals surface area contributed by atoms with Gasteiger partial charge in [0.2, 0.25) is 0 Å². The van der Waals surface area contributed by atoms with Crippen LogP contribution in [0.1, 0.15) is 31.9 Å². The van der Waals surface area contributed by atoms with Crippen molar-refractivity contribution in [3.8, 4) is 11.5 Å². The number of rotatable bonds is 6. The lowest BCUT2D eigenvalue weighted by molar-refractivity contribution is -0.433. The first kappa shape index (κ1) is 17.6. The van der Waals surface area contributed by atoms with Gasteiger partial charge in [0.05, 0.1) is 24.3 Å². The first-order chi connectivity index (χ1) is 11.4. The maximum Gasteiger partial charge on any atom is 0.322 e. The molecule has 1 aliphatic rings. The fraction of sp³-hybridized carbons (Fsp3) is 0.438. The second-order valence-corrected chi connectivity index (χ2v) is 5.43. The molecule has 1 atom stereocenters. The standard InChI is InChI=1S/C16H21N3O5/c1-5-8-24-12-7-6-11(9-13(12)23-4)14-15(19(21)22)10(2)18(3)16(20)17-14/h6-7,9,14H,5,8H2,1-4H3,(H,17,20)/t14-/m0/s1. The van der Waals surface area contributed by atoms with Crippen molar-refractivity contribution in [2.75, 3.05) is 20.8 Å². The molecule has 0 unspecified atom stereocenters. The van der Waals surface area contributed by atoms with Gasteiger partial charge in [0, 0.05) is 7.05 Å². The van der Waals surface area contributed by atoms with Gasteiger partial charge in [-0.05, 0) is 31.0 Å². The van der Waals surface area contributed by atoms with Crippen molar-refractivity contribution in [1.82, 2.24) is 10.2 Å². The van der Waals surface area contributed by atoms with E-state index in [-0.39, 0.29) is 5.70 Å². The van der Waals surface area contributed by atoms with Gasteiger partial charge in [-0.25, -0.2) is 4.79 Å². The predicted molar refractivity (Wildman–Crippen MR) is 87.5 cm³/mol. The number of nitrogens with one attached hydrogen (secondary N) is 1. The smallest absolute Gasteiger partial charge is 0.322 e. The molecule has 1 N–H and O–H groups in total. The summed E-state index contributed by atoms with van der Waals surface area (Å²) in [5.74, 6) is 1.03. The molecule has 0 saturated heterocycles. The van der Waals surface area contributed by atoms with Crippen LogP contribution in [0.2, 0.25) is 0 Å². The number of ether oxygens (including phenoxy) is 2. The summed E-state index contributed by atoms with van der Waals surface area (Å²) in [4.78, 5) is 24.3. The third-order valence-electron chi connectivity index (χ3n) is 3.90. The van der Waals surface area contributed by atoms with E-state index in [1.807, 2.05) is 6.92 Å². The van der Waals surface area contributed by atoms with Gasteiger partial charge in [-0.2, -0.15) is 0 Å². The number of nitro groups is 1. The first-order valence-corrected chi connectivity index (χ1v) is 7.60. The summed E-state index contributed by atoms with van der Waals surface area (Å²) >= 11 is 0. The van der Waals surface area contributed by atoms with Gasteiger partial charge in [0.25, 0.3) is 5.70 Å². The van der Waals surface area contributed by atoms with Crippen molar-refractivity contribution < 1.29 is 19.2 Å². The molecule has 0 saturated carbocycles. The maximum atomic E-state index is 12.0. The maximum absolute atomic E-state index is 12.0. The van der Waals surface area contributed by atoms with Crippen LogP contribution in [0.3, 0.4) is 0 Å². The average molecular weight is 335 g/mol. The molecule has 8 heteroatoms. The van der Waals surface area contributed by atoms with E-state index in [0.717, 1.165) is 6.42 Å². The van der Waals surface area contributed by atoms with Crippen LogP contribution < -0.4 is 14.8 Å². The minimum Gasteiger partial charge on any atom is -0.493 e. The molecule has 1 aromatic rings. The third kappa shape index (κ3) is 3.27. The zero-order valence-electron chi connectivity index (χ0n) is 14.2. The van der Waals surface area contributed by atoms with Crippen molar-refractivity contribution in [3.63, 3.8) is 0 Å². The first-order valence-electron chi connectivity index (χ1n) is 7.60. The van der Waals surface area contributed by atoms with E-state index in [9.17, 15) is 14.9 Å². The molecule has 2 rings (SSSR count). The second kappa shape index (κ2) is 7.20. The Morgan fingerprint density at radius 2 is 2.08 bits per heavy atom. The van der Waals surface area contributed by atoms with Crippen molar-refractivity contribution >= 4 is 6.03 Å². The topological polar surface area (TPSA) is 93.9 Å². The number of nitrogens with zero attached hydrogens (tertiary/aromatic N) is 2. The van der Waals surface area contributed by atoms with Gasteiger partial charge in [0.15, 0.2) is 11.5 Å². The highest BCUT2D eigenvalue weighted by atomic mass is 16.6. The highest BCUT2D eigenvalue weighted by molar-refractivity contribution is 5.78. The molecule has 0 bridgehead atoms. The van der Waals surface area contributed by atoms with Crippen LogP contribution in [-0.2, 0) is 0 Å². The van der Waals surface area contributed by atoms with E-state index in [1.165, 1.54) is 19.1 Å². The van der Waals surface area contributed by atoms with E-state index in [4.69, 9.17) is 9.47 Å².